The maximum absolute atomic E-state index is 9.67. The Balaban J connectivity index is 1.04. The number of benzene rings is 2. The van der Waals surface area contributed by atoms with Gasteiger partial charge in [-0.1, -0.05) is 24.3 Å². The molecule has 0 radical (unpaired) electrons. The van der Waals surface area contributed by atoms with Gasteiger partial charge in [0.2, 0.25) is 0 Å². The van der Waals surface area contributed by atoms with E-state index in [0.29, 0.717) is 11.5 Å². The van der Waals surface area contributed by atoms with Crippen LogP contribution in [0.4, 0.5) is 0 Å². The zero-order valence-corrected chi connectivity index (χ0v) is 25.3. The molecule has 0 aliphatic carbocycles. The molecule has 6 aromatic rings. The van der Waals surface area contributed by atoms with Gasteiger partial charge in [0.25, 0.3) is 0 Å². The van der Waals surface area contributed by atoms with Crippen molar-refractivity contribution in [3.05, 3.63) is 118 Å². The summed E-state index contributed by atoms with van der Waals surface area (Å²) in [5, 5.41) is 19.3. The van der Waals surface area contributed by atoms with E-state index < -0.39 is 0 Å². The Labute approximate surface area is 251 Å². The van der Waals surface area contributed by atoms with Crippen molar-refractivity contribution in [1.82, 2.24) is 0 Å². The first-order valence-corrected chi connectivity index (χ1v) is 16.8. The van der Waals surface area contributed by atoms with E-state index in [1.807, 2.05) is 69.6 Å². The fourth-order valence-electron chi connectivity index (χ4n) is 4.85. The largest absolute Gasteiger partial charge is 0.508 e. The predicted molar refractivity (Wildman–Crippen MR) is 175 cm³/mol. The van der Waals surface area contributed by atoms with Gasteiger partial charge in [-0.15, -0.1) is 45.3 Å². The molecule has 0 amide bonds. The minimum absolute atomic E-state index is 0.347. The van der Waals surface area contributed by atoms with E-state index in [2.05, 4.69) is 60.7 Å². The summed E-state index contributed by atoms with van der Waals surface area (Å²) in [7, 11) is 0. The van der Waals surface area contributed by atoms with Crippen molar-refractivity contribution in [2.24, 2.45) is 0 Å². The summed E-state index contributed by atoms with van der Waals surface area (Å²) in [6.45, 7) is 0. The van der Waals surface area contributed by atoms with Crippen LogP contribution < -0.4 is 0 Å². The molecule has 4 heterocycles. The van der Waals surface area contributed by atoms with E-state index in [4.69, 9.17) is 0 Å². The molecule has 6 rings (SSSR count). The van der Waals surface area contributed by atoms with Crippen LogP contribution in [0.2, 0.25) is 0 Å². The second-order valence-electron chi connectivity index (χ2n) is 9.91. The normalized spacial score (nSPS) is 11.3. The van der Waals surface area contributed by atoms with Crippen LogP contribution >= 0.6 is 45.3 Å². The summed E-state index contributed by atoms with van der Waals surface area (Å²) in [6.07, 6.45) is 6.25. The maximum atomic E-state index is 9.67. The topological polar surface area (TPSA) is 40.5 Å². The summed E-state index contributed by atoms with van der Waals surface area (Å²) in [6, 6.07) is 33.3. The van der Waals surface area contributed by atoms with Gasteiger partial charge in [0, 0.05) is 39.0 Å². The van der Waals surface area contributed by atoms with Gasteiger partial charge in [0.05, 0.1) is 0 Å². The van der Waals surface area contributed by atoms with Crippen molar-refractivity contribution in [1.29, 1.82) is 0 Å². The van der Waals surface area contributed by atoms with E-state index >= 15 is 0 Å². The molecule has 0 atom stereocenters. The van der Waals surface area contributed by atoms with Crippen LogP contribution in [0.5, 0.6) is 11.5 Å². The molecule has 0 saturated carbocycles. The van der Waals surface area contributed by atoms with Crippen LogP contribution in [0, 0.1) is 0 Å². The number of thiophene rings is 4. The van der Waals surface area contributed by atoms with Gasteiger partial charge in [-0.05, 0) is 122 Å². The lowest BCUT2D eigenvalue weighted by atomic mass is 10.1. The summed E-state index contributed by atoms with van der Waals surface area (Å²) < 4.78 is 0. The van der Waals surface area contributed by atoms with E-state index in [9.17, 15) is 10.2 Å². The van der Waals surface area contributed by atoms with Gasteiger partial charge in [-0.25, -0.2) is 0 Å². The molecular formula is C34H30O2S4. The molecule has 2 N–H and O–H groups in total. The molecule has 6 heteroatoms. The Bertz CT molecular complexity index is 1570. The second-order valence-corrected chi connectivity index (χ2v) is 14.4. The Morgan fingerprint density at radius 3 is 1.18 bits per heavy atom. The van der Waals surface area contributed by atoms with Gasteiger partial charge < -0.3 is 10.2 Å². The van der Waals surface area contributed by atoms with Crippen LogP contribution in [0.1, 0.15) is 33.7 Å². The van der Waals surface area contributed by atoms with Crippen molar-refractivity contribution in [3.63, 3.8) is 0 Å². The third-order valence-corrected chi connectivity index (χ3v) is 11.9. The first kappa shape index (κ1) is 27.0. The third kappa shape index (κ3) is 6.76. The molecular weight excluding hydrogens is 569 g/mol. The Hall–Kier alpha value is -3.16. The summed E-state index contributed by atoms with van der Waals surface area (Å²) in [4.78, 5) is 10.8. The zero-order valence-electron chi connectivity index (χ0n) is 22.0. The molecule has 0 aliphatic heterocycles. The number of aryl methyl sites for hydroxylation is 4. The number of hydrogen-bond acceptors (Lipinski definition) is 6. The molecule has 2 nitrogen and oxygen atoms in total. The van der Waals surface area contributed by atoms with Crippen LogP contribution in [-0.2, 0) is 25.7 Å². The Kier molecular flexibility index (Phi) is 8.49. The molecule has 40 heavy (non-hydrogen) atoms. The average Bonchev–Trinajstić information content (AvgIpc) is 3.75. The highest BCUT2D eigenvalue weighted by molar-refractivity contribution is 7.28. The van der Waals surface area contributed by atoms with Crippen LogP contribution in [-0.4, -0.2) is 10.2 Å². The highest BCUT2D eigenvalue weighted by Crippen LogP contribution is 2.43. The monoisotopic (exact) mass is 598 g/mol. The maximum Gasteiger partial charge on any atom is 0.115 e. The van der Waals surface area contributed by atoms with Gasteiger partial charge in [-0.3, -0.25) is 0 Å². The zero-order chi connectivity index (χ0) is 27.3. The lowest BCUT2D eigenvalue weighted by molar-refractivity contribution is 0.474. The minimum atomic E-state index is 0.347. The Morgan fingerprint density at radius 1 is 0.400 bits per heavy atom. The summed E-state index contributed by atoms with van der Waals surface area (Å²) in [5.74, 6) is 0.695. The number of aromatic hydroxyl groups is 2. The summed E-state index contributed by atoms with van der Waals surface area (Å²) in [5.41, 5.74) is 2.39. The number of rotatable bonds is 11. The highest BCUT2D eigenvalue weighted by atomic mass is 32.1. The number of phenolic OH excluding ortho intramolecular Hbond substituents is 2. The van der Waals surface area contributed by atoms with Crippen LogP contribution in [0.15, 0.2) is 97.1 Å². The number of phenols is 2. The number of hydrogen-bond donors (Lipinski definition) is 2. The first-order chi connectivity index (χ1) is 19.6. The third-order valence-electron chi connectivity index (χ3n) is 6.86. The van der Waals surface area contributed by atoms with Crippen molar-refractivity contribution >= 4 is 45.3 Å². The molecule has 4 aromatic heterocycles. The van der Waals surface area contributed by atoms with E-state index in [-0.39, 0.29) is 0 Å². The van der Waals surface area contributed by atoms with Crippen LogP contribution in [0.3, 0.4) is 0 Å². The average molecular weight is 599 g/mol. The first-order valence-electron chi connectivity index (χ1n) is 13.5. The quantitative estimate of drug-likeness (QED) is 0.156. The van der Waals surface area contributed by atoms with Gasteiger partial charge in [0.1, 0.15) is 11.5 Å². The Morgan fingerprint density at radius 2 is 0.775 bits per heavy atom. The smallest absolute Gasteiger partial charge is 0.115 e. The molecule has 0 aliphatic rings. The van der Waals surface area contributed by atoms with Gasteiger partial charge in [0.15, 0.2) is 0 Å². The molecule has 0 fully saturated rings. The molecule has 0 unspecified atom stereocenters. The predicted octanol–water partition coefficient (Wildman–Crippen LogP) is 10.7. The molecule has 2 aromatic carbocycles. The van der Waals surface area contributed by atoms with Crippen LogP contribution in [0.25, 0.3) is 29.3 Å². The highest BCUT2D eigenvalue weighted by Gasteiger charge is 2.12. The SMILES string of the molecule is Oc1cccc(CCCc2ccc(-c3ccc(-c4ccc(-c5ccc(CCCc6cccc(O)c6)s5)s4)s3)s2)c1. The second kappa shape index (κ2) is 12.6. The van der Waals surface area contributed by atoms with Crippen molar-refractivity contribution in [2.45, 2.75) is 38.5 Å². The lowest BCUT2D eigenvalue weighted by Gasteiger charge is -2.01. The lowest BCUT2D eigenvalue weighted by Crippen LogP contribution is -1.87. The molecule has 0 saturated heterocycles. The fraction of sp³-hybridized carbons (Fsp3) is 0.176. The van der Waals surface area contributed by atoms with Crippen molar-refractivity contribution < 1.29 is 10.2 Å². The van der Waals surface area contributed by atoms with Crippen molar-refractivity contribution in [3.8, 4) is 40.8 Å². The molecule has 202 valence electrons. The van der Waals surface area contributed by atoms with Crippen molar-refractivity contribution in [2.75, 3.05) is 0 Å². The standard InChI is InChI=1S/C34H30O2S4/c35-25-9-1-5-23(21-25)7-3-11-27-13-15-29(37-27)31-17-19-33(39-31)34-20-18-32(40-34)30-16-14-28(38-30)12-4-8-24-6-2-10-26(36)22-24/h1-2,5-6,9-10,13-22,35-36H,3-4,7-8,11-12H2. The minimum Gasteiger partial charge on any atom is -0.508 e. The van der Waals surface area contributed by atoms with Gasteiger partial charge >= 0.3 is 0 Å². The molecule has 0 spiro atoms. The fourth-order valence-corrected chi connectivity index (χ4v) is 9.23. The van der Waals surface area contributed by atoms with E-state index in [0.717, 1.165) is 38.5 Å². The molecule has 0 bridgehead atoms. The van der Waals surface area contributed by atoms with E-state index in [1.165, 1.54) is 50.1 Å². The summed E-state index contributed by atoms with van der Waals surface area (Å²) >= 11 is 7.55. The van der Waals surface area contributed by atoms with Gasteiger partial charge in [-0.2, -0.15) is 0 Å². The van der Waals surface area contributed by atoms with E-state index in [1.54, 1.807) is 12.1 Å².